The van der Waals surface area contributed by atoms with E-state index < -0.39 is 0 Å². The van der Waals surface area contributed by atoms with E-state index >= 15 is 0 Å². The fraction of sp³-hybridized carbons (Fsp3) is 0.778. The van der Waals surface area contributed by atoms with Crippen LogP contribution in [0.3, 0.4) is 0 Å². The van der Waals surface area contributed by atoms with E-state index in [4.69, 9.17) is 9.47 Å². The third-order valence-corrected chi connectivity index (χ3v) is 3.85. The van der Waals surface area contributed by atoms with Crippen LogP contribution in [0.15, 0.2) is 24.0 Å². The van der Waals surface area contributed by atoms with Crippen LogP contribution in [0.25, 0.3) is 0 Å². The Morgan fingerprint density at radius 3 is 2.32 bits per heavy atom. The Morgan fingerprint density at radius 2 is 1.73 bits per heavy atom. The summed E-state index contributed by atoms with van der Waals surface area (Å²) in [5, 5.41) is 0. The third-order valence-electron chi connectivity index (χ3n) is 3.85. The van der Waals surface area contributed by atoms with Crippen LogP contribution < -0.4 is 0 Å². The number of ether oxygens (including phenoxy) is 2. The minimum atomic E-state index is 0.545. The molecule has 1 aliphatic rings. The van der Waals surface area contributed by atoms with E-state index in [0.717, 1.165) is 31.8 Å². The van der Waals surface area contributed by atoms with Crippen LogP contribution in [-0.4, -0.2) is 69.4 Å². The molecule has 0 saturated carbocycles. The zero-order valence-electron chi connectivity index (χ0n) is 14.7. The van der Waals surface area contributed by atoms with E-state index in [1.165, 1.54) is 39.1 Å². The first kappa shape index (κ1) is 19.2. The fourth-order valence-corrected chi connectivity index (χ4v) is 2.64. The van der Waals surface area contributed by atoms with Gasteiger partial charge in [0.15, 0.2) is 0 Å². The summed E-state index contributed by atoms with van der Waals surface area (Å²) in [6.45, 7) is 12.9. The molecule has 1 fully saturated rings. The minimum Gasteiger partial charge on any atom is -0.495 e. The van der Waals surface area contributed by atoms with Gasteiger partial charge in [-0.1, -0.05) is 26.0 Å². The predicted molar refractivity (Wildman–Crippen MR) is 93.1 cm³/mol. The van der Waals surface area contributed by atoms with Crippen molar-refractivity contribution >= 4 is 0 Å². The molecule has 1 saturated heterocycles. The maximum atomic E-state index is 5.83. The minimum absolute atomic E-state index is 0.545. The second-order valence-electron chi connectivity index (χ2n) is 5.79. The predicted octanol–water partition coefficient (Wildman–Crippen LogP) is 2.92. The van der Waals surface area contributed by atoms with Gasteiger partial charge in [-0.2, -0.15) is 0 Å². The van der Waals surface area contributed by atoms with Crippen molar-refractivity contribution in [2.75, 3.05) is 59.6 Å². The smallest absolute Gasteiger partial charge is 0.122 e. The molecule has 0 atom stereocenters. The Balaban J connectivity index is 2.15. The highest BCUT2D eigenvalue weighted by Gasteiger charge is 2.15. The Kier molecular flexibility index (Phi) is 11.1. The van der Waals surface area contributed by atoms with Crippen LogP contribution in [0, 0.1) is 0 Å². The molecule has 0 spiro atoms. The largest absolute Gasteiger partial charge is 0.495 e. The van der Waals surface area contributed by atoms with Crippen molar-refractivity contribution in [1.29, 1.82) is 0 Å². The van der Waals surface area contributed by atoms with Gasteiger partial charge in [0.2, 0.25) is 0 Å². The molecule has 0 N–H and O–H groups in total. The summed E-state index contributed by atoms with van der Waals surface area (Å²) in [4.78, 5) is 5.11. The van der Waals surface area contributed by atoms with Gasteiger partial charge in [-0.05, 0) is 31.9 Å². The van der Waals surface area contributed by atoms with Crippen molar-refractivity contribution in [2.24, 2.45) is 0 Å². The molecular weight excluding hydrogens is 276 g/mol. The van der Waals surface area contributed by atoms with Gasteiger partial charge < -0.3 is 19.3 Å². The fourth-order valence-electron chi connectivity index (χ4n) is 2.64. The van der Waals surface area contributed by atoms with Crippen molar-refractivity contribution in [1.82, 2.24) is 9.80 Å². The van der Waals surface area contributed by atoms with Crippen molar-refractivity contribution in [3.8, 4) is 0 Å². The lowest BCUT2D eigenvalue weighted by atomic mass is 10.3. The summed E-state index contributed by atoms with van der Waals surface area (Å²) in [5.74, 6) is 0.917. The zero-order chi connectivity index (χ0) is 16.0. The monoisotopic (exact) mass is 310 g/mol. The van der Waals surface area contributed by atoms with Gasteiger partial charge in [0.05, 0.1) is 6.61 Å². The molecule has 0 amide bonds. The highest BCUT2D eigenvalue weighted by Crippen LogP contribution is 2.05. The number of allylic oxidation sites excluding steroid dienone is 3. The summed E-state index contributed by atoms with van der Waals surface area (Å²) < 4.78 is 11.0. The van der Waals surface area contributed by atoms with E-state index in [1.54, 1.807) is 7.11 Å². The summed E-state index contributed by atoms with van der Waals surface area (Å²) in [6, 6.07) is 0. The molecule has 1 rings (SSSR count). The van der Waals surface area contributed by atoms with Gasteiger partial charge in [-0.3, -0.25) is 0 Å². The van der Waals surface area contributed by atoms with E-state index in [1.807, 2.05) is 12.2 Å². The van der Waals surface area contributed by atoms with Crippen LogP contribution in [0.1, 0.15) is 33.1 Å². The van der Waals surface area contributed by atoms with Crippen LogP contribution in [-0.2, 0) is 9.47 Å². The van der Waals surface area contributed by atoms with Gasteiger partial charge in [-0.15, -0.1) is 0 Å². The standard InChI is InChI=1S/C18H34N2O2/c1-4-6-7-9-18(17-21-3)22-16-8-11-20-14-12-19(10-5-2)13-15-20/h6-7,9H,4-5,8,10-17H2,1-3H3/b7-6+,18-9+. The molecule has 1 heterocycles. The molecule has 22 heavy (non-hydrogen) atoms. The van der Waals surface area contributed by atoms with Gasteiger partial charge >= 0.3 is 0 Å². The van der Waals surface area contributed by atoms with Gasteiger partial charge in [0.1, 0.15) is 12.4 Å². The highest BCUT2D eigenvalue weighted by molar-refractivity contribution is 5.07. The third kappa shape index (κ3) is 8.57. The first-order chi connectivity index (χ1) is 10.8. The summed E-state index contributed by atoms with van der Waals surface area (Å²) in [5.41, 5.74) is 0. The van der Waals surface area contributed by atoms with Crippen molar-refractivity contribution in [3.63, 3.8) is 0 Å². The number of nitrogens with zero attached hydrogens (tertiary/aromatic N) is 2. The van der Waals surface area contributed by atoms with E-state index in [0.29, 0.717) is 6.61 Å². The molecule has 4 nitrogen and oxygen atoms in total. The number of methoxy groups -OCH3 is 1. The van der Waals surface area contributed by atoms with E-state index in [-0.39, 0.29) is 0 Å². The Bertz CT molecular complexity index is 321. The second-order valence-corrected chi connectivity index (χ2v) is 5.79. The van der Waals surface area contributed by atoms with E-state index in [9.17, 15) is 0 Å². The van der Waals surface area contributed by atoms with Gasteiger partial charge in [-0.25, -0.2) is 0 Å². The topological polar surface area (TPSA) is 24.9 Å². The first-order valence-corrected chi connectivity index (χ1v) is 8.72. The Hall–Kier alpha value is -0.840. The molecule has 0 aromatic heterocycles. The number of hydrogen-bond acceptors (Lipinski definition) is 4. The zero-order valence-corrected chi connectivity index (χ0v) is 14.7. The SMILES string of the molecule is CC/C=C/C=C(\COC)OCCCN1CCN(CCC)CC1. The number of piperazine rings is 1. The highest BCUT2D eigenvalue weighted by atomic mass is 16.5. The van der Waals surface area contributed by atoms with Crippen LogP contribution in [0.4, 0.5) is 0 Å². The van der Waals surface area contributed by atoms with E-state index in [2.05, 4.69) is 29.7 Å². The summed E-state index contributed by atoms with van der Waals surface area (Å²) in [6.07, 6.45) is 9.55. The molecule has 4 heteroatoms. The van der Waals surface area contributed by atoms with Gasteiger partial charge in [0, 0.05) is 39.8 Å². The molecule has 0 aliphatic carbocycles. The average Bonchev–Trinajstić information content (AvgIpc) is 2.53. The normalized spacial score (nSPS) is 18.2. The lowest BCUT2D eigenvalue weighted by Crippen LogP contribution is -2.46. The Labute approximate surface area is 136 Å². The number of hydrogen-bond donors (Lipinski definition) is 0. The molecule has 0 aromatic carbocycles. The molecule has 0 aromatic rings. The number of rotatable bonds is 11. The molecule has 0 unspecified atom stereocenters. The summed E-state index contributed by atoms with van der Waals surface area (Å²) >= 11 is 0. The lowest BCUT2D eigenvalue weighted by Gasteiger charge is -2.34. The summed E-state index contributed by atoms with van der Waals surface area (Å²) in [7, 11) is 1.70. The molecule has 128 valence electrons. The average molecular weight is 310 g/mol. The van der Waals surface area contributed by atoms with Crippen molar-refractivity contribution in [3.05, 3.63) is 24.0 Å². The Morgan fingerprint density at radius 1 is 1.05 bits per heavy atom. The van der Waals surface area contributed by atoms with Crippen molar-refractivity contribution < 1.29 is 9.47 Å². The first-order valence-electron chi connectivity index (χ1n) is 8.72. The quantitative estimate of drug-likeness (QED) is 0.333. The molecular formula is C18H34N2O2. The second kappa shape index (κ2) is 12.7. The van der Waals surface area contributed by atoms with Crippen LogP contribution in [0.2, 0.25) is 0 Å². The van der Waals surface area contributed by atoms with Crippen molar-refractivity contribution in [2.45, 2.75) is 33.1 Å². The lowest BCUT2D eigenvalue weighted by molar-refractivity contribution is 0.105. The molecule has 0 radical (unpaired) electrons. The maximum absolute atomic E-state index is 5.83. The van der Waals surface area contributed by atoms with Crippen LogP contribution >= 0.6 is 0 Å². The van der Waals surface area contributed by atoms with Crippen LogP contribution in [0.5, 0.6) is 0 Å². The maximum Gasteiger partial charge on any atom is 0.122 e. The molecule has 0 bridgehead atoms. The molecule has 1 aliphatic heterocycles. The van der Waals surface area contributed by atoms with Gasteiger partial charge in [0.25, 0.3) is 0 Å².